The van der Waals surface area contributed by atoms with Crippen LogP contribution in [0.2, 0.25) is 0 Å². The summed E-state index contributed by atoms with van der Waals surface area (Å²) in [5.74, 6) is 0. The maximum atomic E-state index is 10.7. The average Bonchev–Trinajstić information content (AvgIpc) is 1.90. The third-order valence-electron chi connectivity index (χ3n) is 0.929. The lowest BCUT2D eigenvalue weighted by molar-refractivity contribution is 0.600. The van der Waals surface area contributed by atoms with Crippen molar-refractivity contribution in [3.05, 3.63) is 30.3 Å². The van der Waals surface area contributed by atoms with E-state index < -0.39 is 11.2 Å². The van der Waals surface area contributed by atoms with Gasteiger partial charge in [-0.3, -0.25) is 0 Å². The maximum absolute atomic E-state index is 10.7. The van der Waals surface area contributed by atoms with Crippen LogP contribution in [0.1, 0.15) is 0 Å². The van der Waals surface area contributed by atoms with Crippen molar-refractivity contribution < 1.29 is 4.55 Å². The van der Waals surface area contributed by atoms with Crippen LogP contribution in [0.4, 0.5) is 0 Å². The van der Waals surface area contributed by atoms with Crippen LogP contribution in [0.3, 0.4) is 0 Å². The Bertz CT molecular complexity index is 172. The molecule has 0 saturated heterocycles. The van der Waals surface area contributed by atoms with Crippen LogP contribution < -0.4 is 0 Å². The van der Waals surface area contributed by atoms with Crippen molar-refractivity contribution in [3.63, 3.8) is 0 Å². The first-order valence-corrected chi connectivity index (χ1v) is 4.08. The molecular formula is C7H6OS. The van der Waals surface area contributed by atoms with Gasteiger partial charge >= 0.3 is 0 Å². The number of hydrogen-bond donors (Lipinski definition) is 0. The molecule has 2 heteroatoms. The highest BCUT2D eigenvalue weighted by Crippen LogP contribution is 2.04. The van der Waals surface area contributed by atoms with E-state index in [-0.39, 0.29) is 0 Å². The van der Waals surface area contributed by atoms with Gasteiger partial charge in [-0.2, -0.15) is 0 Å². The summed E-state index contributed by atoms with van der Waals surface area (Å²) in [4.78, 5) is 0.706. The quantitative estimate of drug-likeness (QED) is 0.531. The minimum Gasteiger partial charge on any atom is -0.612 e. The van der Waals surface area contributed by atoms with Gasteiger partial charge in [-0.1, -0.05) is 6.07 Å². The van der Waals surface area contributed by atoms with Crippen molar-refractivity contribution in [2.24, 2.45) is 0 Å². The molecule has 0 aliphatic heterocycles. The molecule has 1 aromatic carbocycles. The normalized spacial score (nSPS) is 13.1. The van der Waals surface area contributed by atoms with Gasteiger partial charge in [0.05, 0.1) is 0 Å². The highest BCUT2D eigenvalue weighted by atomic mass is 32.2. The van der Waals surface area contributed by atoms with Crippen LogP contribution in [0, 0.1) is 12.1 Å². The molecule has 0 N–H and O–H groups in total. The minimum atomic E-state index is -0.916. The molecular weight excluding hydrogens is 132 g/mol. The van der Waals surface area contributed by atoms with Crippen molar-refractivity contribution in [3.8, 4) is 0 Å². The lowest BCUT2D eigenvalue weighted by Crippen LogP contribution is -1.95. The first kappa shape index (κ1) is 6.65. The van der Waals surface area contributed by atoms with E-state index >= 15 is 0 Å². The monoisotopic (exact) mass is 138 g/mol. The maximum Gasteiger partial charge on any atom is 0.161 e. The topological polar surface area (TPSA) is 23.1 Å². The summed E-state index contributed by atoms with van der Waals surface area (Å²) >= 11 is -0.916. The van der Waals surface area contributed by atoms with Gasteiger partial charge in [0.2, 0.25) is 0 Å². The van der Waals surface area contributed by atoms with Crippen molar-refractivity contribution in [1.29, 1.82) is 0 Å². The van der Waals surface area contributed by atoms with Gasteiger partial charge in [0.25, 0.3) is 0 Å². The lowest BCUT2D eigenvalue weighted by atomic mass is 10.4. The molecule has 2 radical (unpaired) electrons. The zero-order chi connectivity index (χ0) is 6.69. The molecule has 0 heterocycles. The fourth-order valence-electron chi connectivity index (χ4n) is 0.503. The van der Waals surface area contributed by atoms with E-state index in [4.69, 9.17) is 0 Å². The third-order valence-corrected chi connectivity index (χ3v) is 1.78. The SMILES string of the molecule is C[S+]([O-])c1[c]cc[c]c1. The molecule has 46 valence electrons. The Labute approximate surface area is 57.9 Å². The predicted octanol–water partition coefficient (Wildman–Crippen LogP) is 1.02. The van der Waals surface area contributed by atoms with Crippen LogP contribution in [0.5, 0.6) is 0 Å². The second-order valence-electron chi connectivity index (χ2n) is 1.61. The molecule has 0 bridgehead atoms. The van der Waals surface area contributed by atoms with Gasteiger partial charge in [-0.05, 0) is 23.3 Å². The molecule has 0 aliphatic carbocycles. The largest absolute Gasteiger partial charge is 0.612 e. The zero-order valence-corrected chi connectivity index (χ0v) is 5.87. The second kappa shape index (κ2) is 2.90. The fraction of sp³-hybridized carbons (Fsp3) is 0.143. The summed E-state index contributed by atoms with van der Waals surface area (Å²) in [5, 5.41) is 0. The molecule has 9 heavy (non-hydrogen) atoms. The second-order valence-corrected chi connectivity index (χ2v) is 2.96. The smallest absolute Gasteiger partial charge is 0.161 e. The molecule has 1 rings (SSSR count). The Morgan fingerprint density at radius 3 is 2.67 bits per heavy atom. The molecule has 1 atom stereocenters. The predicted molar refractivity (Wildman–Crippen MR) is 36.4 cm³/mol. The Kier molecular flexibility index (Phi) is 2.14. The van der Waals surface area contributed by atoms with E-state index in [9.17, 15) is 4.55 Å². The van der Waals surface area contributed by atoms with Gasteiger partial charge in [-0.15, -0.1) is 0 Å². The van der Waals surface area contributed by atoms with Gasteiger partial charge in [0.15, 0.2) is 4.90 Å². The van der Waals surface area contributed by atoms with Crippen molar-refractivity contribution >= 4 is 11.2 Å². The Morgan fingerprint density at radius 1 is 1.56 bits per heavy atom. The van der Waals surface area contributed by atoms with Crippen molar-refractivity contribution in [2.45, 2.75) is 4.90 Å². The zero-order valence-electron chi connectivity index (χ0n) is 5.05. The molecule has 0 aliphatic rings. The Hall–Kier alpha value is -0.470. The first-order valence-electron chi connectivity index (χ1n) is 2.52. The van der Waals surface area contributed by atoms with Gasteiger partial charge in [0, 0.05) is 12.1 Å². The van der Waals surface area contributed by atoms with Crippen molar-refractivity contribution in [2.75, 3.05) is 6.26 Å². The van der Waals surface area contributed by atoms with E-state index in [0.29, 0.717) is 4.90 Å². The first-order chi connectivity index (χ1) is 4.30. The fourth-order valence-corrected chi connectivity index (χ4v) is 0.971. The molecule has 0 fully saturated rings. The molecule has 0 saturated carbocycles. The number of rotatable bonds is 1. The highest BCUT2D eigenvalue weighted by Gasteiger charge is 1.99. The summed E-state index contributed by atoms with van der Waals surface area (Å²) in [6, 6.07) is 10.8. The summed E-state index contributed by atoms with van der Waals surface area (Å²) in [6.45, 7) is 0. The molecule has 0 aromatic heterocycles. The van der Waals surface area contributed by atoms with Gasteiger partial charge in [0.1, 0.15) is 6.26 Å². The van der Waals surface area contributed by atoms with Crippen molar-refractivity contribution in [1.82, 2.24) is 0 Å². The minimum absolute atomic E-state index is 0.706. The molecule has 0 spiro atoms. The Morgan fingerprint density at radius 2 is 2.33 bits per heavy atom. The van der Waals surface area contributed by atoms with Crippen LogP contribution >= 0.6 is 0 Å². The number of hydrogen-bond acceptors (Lipinski definition) is 1. The van der Waals surface area contributed by atoms with Crippen LogP contribution in [0.25, 0.3) is 0 Å². The molecule has 0 amide bonds. The van der Waals surface area contributed by atoms with Crippen LogP contribution in [-0.2, 0) is 11.2 Å². The summed E-state index contributed by atoms with van der Waals surface area (Å²) in [6.07, 6.45) is 1.62. The molecule has 1 unspecified atom stereocenters. The van der Waals surface area contributed by atoms with E-state index in [1.54, 1.807) is 24.5 Å². The van der Waals surface area contributed by atoms with Gasteiger partial charge in [-0.25, -0.2) is 0 Å². The van der Waals surface area contributed by atoms with E-state index in [1.807, 2.05) is 0 Å². The Balaban J connectivity index is 2.85. The highest BCUT2D eigenvalue weighted by molar-refractivity contribution is 7.90. The number of benzene rings is 1. The summed E-state index contributed by atoms with van der Waals surface area (Å²) in [7, 11) is 0. The third kappa shape index (κ3) is 1.73. The summed E-state index contributed by atoms with van der Waals surface area (Å²) in [5.41, 5.74) is 0. The van der Waals surface area contributed by atoms with E-state index in [1.165, 1.54) is 0 Å². The van der Waals surface area contributed by atoms with E-state index in [2.05, 4.69) is 12.1 Å². The van der Waals surface area contributed by atoms with E-state index in [0.717, 1.165) is 0 Å². The van der Waals surface area contributed by atoms with Crippen LogP contribution in [0.15, 0.2) is 23.1 Å². The lowest BCUT2D eigenvalue weighted by Gasteiger charge is -2.00. The standard InChI is InChI=1S/C7H6OS/c1-9(8)7-5-3-2-4-6-7/h2-3,6H,1H3. The summed E-state index contributed by atoms with van der Waals surface area (Å²) < 4.78 is 10.7. The average molecular weight is 138 g/mol. The molecule has 1 aromatic rings. The van der Waals surface area contributed by atoms with Crippen LogP contribution in [-0.4, -0.2) is 10.8 Å². The van der Waals surface area contributed by atoms with Gasteiger partial charge < -0.3 is 4.55 Å². The molecule has 1 nitrogen and oxygen atoms in total.